The van der Waals surface area contributed by atoms with Crippen molar-refractivity contribution in [2.75, 3.05) is 16.8 Å². The highest BCUT2D eigenvalue weighted by atomic mass is 32.2. The third-order valence-corrected chi connectivity index (χ3v) is 6.95. The lowest BCUT2D eigenvalue weighted by Crippen LogP contribution is -2.36. The third-order valence-electron chi connectivity index (χ3n) is 5.49. The first-order chi connectivity index (χ1) is 14.7. The van der Waals surface area contributed by atoms with Crippen LogP contribution in [-0.2, 0) is 26.0 Å². The Balaban J connectivity index is 1.37. The topological polar surface area (TPSA) is 95.6 Å². The number of amides is 2. The van der Waals surface area contributed by atoms with Gasteiger partial charge in [-0.2, -0.15) is 0 Å². The van der Waals surface area contributed by atoms with Gasteiger partial charge >= 0.3 is 0 Å². The van der Waals surface area contributed by atoms with Crippen LogP contribution in [0.3, 0.4) is 0 Å². The first-order valence-electron chi connectivity index (χ1n) is 10.3. The van der Waals surface area contributed by atoms with Crippen LogP contribution in [0.1, 0.15) is 31.7 Å². The predicted molar refractivity (Wildman–Crippen MR) is 115 cm³/mol. The van der Waals surface area contributed by atoms with Gasteiger partial charge in [0.25, 0.3) is 0 Å². The molecule has 0 saturated heterocycles. The van der Waals surface area contributed by atoms with Crippen molar-refractivity contribution in [1.82, 2.24) is 4.72 Å². The molecule has 2 aromatic carbocycles. The van der Waals surface area contributed by atoms with Gasteiger partial charge in [0, 0.05) is 36.3 Å². The highest BCUT2D eigenvalue weighted by molar-refractivity contribution is 7.89. The number of hydrogen-bond acceptors (Lipinski definition) is 4. The summed E-state index contributed by atoms with van der Waals surface area (Å²) in [5.41, 5.74) is 1.91. The molecule has 2 aromatic rings. The highest BCUT2D eigenvalue weighted by Gasteiger charge is 2.39. The van der Waals surface area contributed by atoms with E-state index < -0.39 is 21.7 Å². The van der Waals surface area contributed by atoms with Gasteiger partial charge < -0.3 is 10.2 Å². The van der Waals surface area contributed by atoms with Crippen molar-refractivity contribution in [3.8, 4) is 0 Å². The van der Waals surface area contributed by atoms with Gasteiger partial charge in [-0.05, 0) is 68.1 Å². The molecule has 1 saturated carbocycles. The number of halogens is 1. The smallest absolute Gasteiger partial charge is 0.240 e. The summed E-state index contributed by atoms with van der Waals surface area (Å²) in [6, 6.07) is 10.2. The van der Waals surface area contributed by atoms with Crippen molar-refractivity contribution in [2.24, 2.45) is 5.92 Å². The third kappa shape index (κ3) is 4.77. The van der Waals surface area contributed by atoms with E-state index in [1.807, 2.05) is 6.92 Å². The molecule has 2 amide bonds. The van der Waals surface area contributed by atoms with Crippen LogP contribution in [-0.4, -0.2) is 32.8 Å². The molecule has 164 valence electrons. The van der Waals surface area contributed by atoms with Crippen LogP contribution in [0.15, 0.2) is 47.4 Å². The summed E-state index contributed by atoms with van der Waals surface area (Å²) >= 11 is 0. The summed E-state index contributed by atoms with van der Waals surface area (Å²) in [5, 5.41) is 2.53. The quantitative estimate of drug-likeness (QED) is 0.685. The number of rotatable bonds is 7. The number of anilines is 2. The standard InChI is InChI=1S/C22H24FN3O4S/c1-14-11-16-12-19(7-8-20(16)26(14)22(28)15-5-6-15)31(29,30)24-10-9-21(27)25-18-4-2-3-17(23)13-18/h2-4,7-8,12-15,24H,5-6,9-11H2,1H3,(H,25,27)/t14-/m1/s1. The van der Waals surface area contributed by atoms with Crippen LogP contribution in [0.4, 0.5) is 15.8 Å². The Kier molecular flexibility index (Phi) is 5.81. The van der Waals surface area contributed by atoms with Crippen molar-refractivity contribution >= 4 is 33.2 Å². The first-order valence-corrected chi connectivity index (χ1v) is 11.7. The first kappa shape index (κ1) is 21.5. The van der Waals surface area contributed by atoms with Crippen LogP contribution in [0.25, 0.3) is 0 Å². The fraction of sp³-hybridized carbons (Fsp3) is 0.364. The minimum atomic E-state index is -3.81. The maximum absolute atomic E-state index is 13.2. The molecular formula is C22H24FN3O4S. The van der Waals surface area contributed by atoms with Crippen molar-refractivity contribution in [3.05, 3.63) is 53.8 Å². The molecule has 2 N–H and O–H groups in total. The van der Waals surface area contributed by atoms with Crippen molar-refractivity contribution in [3.63, 3.8) is 0 Å². The number of carbonyl (C=O) groups is 2. The molecule has 1 aliphatic carbocycles. The zero-order chi connectivity index (χ0) is 22.2. The second kappa shape index (κ2) is 8.39. The summed E-state index contributed by atoms with van der Waals surface area (Å²) in [7, 11) is -3.81. The van der Waals surface area contributed by atoms with Crippen molar-refractivity contribution < 1.29 is 22.4 Å². The second-order valence-corrected chi connectivity index (χ2v) is 9.80. The summed E-state index contributed by atoms with van der Waals surface area (Å²) in [5.74, 6) is -0.687. The van der Waals surface area contributed by atoms with E-state index in [1.54, 1.807) is 23.1 Å². The molecule has 1 aliphatic heterocycles. The zero-order valence-corrected chi connectivity index (χ0v) is 17.9. The van der Waals surface area contributed by atoms with E-state index in [1.165, 1.54) is 24.3 Å². The van der Waals surface area contributed by atoms with Gasteiger partial charge in [0.1, 0.15) is 5.82 Å². The molecule has 0 aromatic heterocycles. The van der Waals surface area contributed by atoms with Crippen LogP contribution >= 0.6 is 0 Å². The molecule has 0 radical (unpaired) electrons. The Morgan fingerprint density at radius 1 is 1.16 bits per heavy atom. The molecule has 0 spiro atoms. The summed E-state index contributed by atoms with van der Waals surface area (Å²) in [6.45, 7) is 1.87. The number of sulfonamides is 1. The molecule has 2 aliphatic rings. The van der Waals surface area contributed by atoms with Crippen molar-refractivity contribution in [1.29, 1.82) is 0 Å². The molecule has 1 heterocycles. The SMILES string of the molecule is C[C@@H]1Cc2cc(S(=O)(=O)NCCC(=O)Nc3cccc(F)c3)ccc2N1C(=O)C1CC1. The Morgan fingerprint density at radius 3 is 2.65 bits per heavy atom. The molecule has 1 atom stereocenters. The molecule has 0 bridgehead atoms. The minimum absolute atomic E-state index is 0.000493. The number of nitrogens with zero attached hydrogens (tertiary/aromatic N) is 1. The van der Waals surface area contributed by atoms with E-state index in [9.17, 15) is 22.4 Å². The van der Waals surface area contributed by atoms with Crippen LogP contribution in [0.2, 0.25) is 0 Å². The highest BCUT2D eigenvalue weighted by Crippen LogP contribution is 2.39. The number of hydrogen-bond donors (Lipinski definition) is 2. The molecule has 9 heteroatoms. The van der Waals surface area contributed by atoms with Crippen molar-refractivity contribution in [2.45, 2.75) is 43.5 Å². The Morgan fingerprint density at radius 2 is 1.94 bits per heavy atom. The molecule has 7 nitrogen and oxygen atoms in total. The van der Waals surface area contributed by atoms with Gasteiger partial charge in [-0.15, -0.1) is 0 Å². The molecule has 4 rings (SSSR count). The van der Waals surface area contributed by atoms with E-state index >= 15 is 0 Å². The van der Waals surface area contributed by atoms with Gasteiger partial charge in [-0.1, -0.05) is 6.07 Å². The summed E-state index contributed by atoms with van der Waals surface area (Å²) in [4.78, 5) is 26.4. The number of carbonyl (C=O) groups excluding carboxylic acids is 2. The summed E-state index contributed by atoms with van der Waals surface area (Å²) in [6.07, 6.45) is 2.34. The molecular weight excluding hydrogens is 421 g/mol. The van der Waals surface area contributed by atoms with Crippen LogP contribution in [0.5, 0.6) is 0 Å². The zero-order valence-electron chi connectivity index (χ0n) is 17.1. The second-order valence-electron chi connectivity index (χ2n) is 8.03. The lowest BCUT2D eigenvalue weighted by atomic mass is 10.1. The maximum Gasteiger partial charge on any atom is 0.240 e. The molecule has 31 heavy (non-hydrogen) atoms. The van der Waals surface area contributed by atoms with E-state index in [-0.39, 0.29) is 35.7 Å². The van der Waals surface area contributed by atoms with Gasteiger partial charge in [0.05, 0.1) is 4.90 Å². The maximum atomic E-state index is 13.2. The van der Waals surface area contributed by atoms with Crippen LogP contribution in [0, 0.1) is 11.7 Å². The van der Waals surface area contributed by atoms with E-state index in [4.69, 9.17) is 0 Å². The minimum Gasteiger partial charge on any atom is -0.326 e. The van der Waals surface area contributed by atoms with Gasteiger partial charge in [0.2, 0.25) is 21.8 Å². The monoisotopic (exact) mass is 445 g/mol. The molecule has 0 unspecified atom stereocenters. The fourth-order valence-electron chi connectivity index (χ4n) is 3.81. The van der Waals surface area contributed by atoms with E-state index in [0.29, 0.717) is 12.1 Å². The Bertz CT molecular complexity index is 1130. The van der Waals surface area contributed by atoms with Gasteiger partial charge in [0.15, 0.2) is 0 Å². The normalized spacial score (nSPS) is 18.0. The number of benzene rings is 2. The van der Waals surface area contributed by atoms with Gasteiger partial charge in [-0.25, -0.2) is 17.5 Å². The average Bonchev–Trinajstić information content (AvgIpc) is 3.49. The lowest BCUT2D eigenvalue weighted by Gasteiger charge is -2.22. The Labute approximate surface area is 180 Å². The van der Waals surface area contributed by atoms with E-state index in [2.05, 4.69) is 10.0 Å². The Hall–Kier alpha value is -2.78. The lowest BCUT2D eigenvalue weighted by molar-refractivity contribution is -0.120. The van der Waals surface area contributed by atoms with Gasteiger partial charge in [-0.3, -0.25) is 9.59 Å². The number of nitrogens with one attached hydrogen (secondary N) is 2. The largest absolute Gasteiger partial charge is 0.326 e. The predicted octanol–water partition coefficient (Wildman–Crippen LogP) is 2.82. The van der Waals surface area contributed by atoms with E-state index in [0.717, 1.165) is 24.1 Å². The fourth-order valence-corrected chi connectivity index (χ4v) is 4.89. The number of fused-ring (bicyclic) bond motifs is 1. The van der Waals surface area contributed by atoms with Crippen LogP contribution < -0.4 is 14.9 Å². The summed E-state index contributed by atoms with van der Waals surface area (Å²) < 4.78 is 40.9. The average molecular weight is 446 g/mol. The molecule has 1 fully saturated rings.